The van der Waals surface area contributed by atoms with Crippen molar-refractivity contribution >= 4 is 11.9 Å². The first-order chi connectivity index (χ1) is 7.20. The Kier molecular flexibility index (Phi) is 16.1. The van der Waals surface area contributed by atoms with Crippen LogP contribution in [0.2, 0.25) is 0 Å². The molecule has 0 saturated carbocycles. The van der Waals surface area contributed by atoms with Crippen molar-refractivity contribution in [3.05, 3.63) is 0 Å². The van der Waals surface area contributed by atoms with Crippen LogP contribution in [0, 0.1) is 0 Å². The van der Waals surface area contributed by atoms with Gasteiger partial charge in [-0.2, -0.15) is 0 Å². The monoisotopic (exact) mass is 255 g/mol. The smallest absolute Gasteiger partial charge is 0.465 e. The van der Waals surface area contributed by atoms with Gasteiger partial charge < -0.3 is 9.47 Å². The molecule has 0 N–H and O–H groups in total. The van der Waals surface area contributed by atoms with Crippen molar-refractivity contribution in [2.75, 3.05) is 13.2 Å². The van der Waals surface area contributed by atoms with Crippen LogP contribution < -0.4 is 51.4 Å². The summed E-state index contributed by atoms with van der Waals surface area (Å²) in [6.07, 6.45) is 3.32. The third kappa shape index (κ3) is 12.6. The average molecular weight is 255 g/mol. The average Bonchev–Trinajstić information content (AvgIpc) is 2.18. The predicted molar refractivity (Wildman–Crippen MR) is 56.4 cm³/mol. The van der Waals surface area contributed by atoms with Gasteiger partial charge in [0.1, 0.15) is 6.42 Å². The molecular formula is C11H20KO4+. The molecule has 16 heavy (non-hydrogen) atoms. The molecule has 0 aromatic carbocycles. The van der Waals surface area contributed by atoms with E-state index in [0.29, 0.717) is 13.2 Å². The Balaban J connectivity index is 0. The summed E-state index contributed by atoms with van der Waals surface area (Å²) in [7, 11) is 0. The molecule has 0 rings (SSSR count). The minimum absolute atomic E-state index is 0. The van der Waals surface area contributed by atoms with Crippen molar-refractivity contribution in [2.24, 2.45) is 0 Å². The SMILES string of the molecule is CCCCOC(=O)CC(=O)OCCCC.[K+]. The fourth-order valence-corrected chi connectivity index (χ4v) is 0.881. The molecule has 5 heteroatoms. The second-order valence-electron chi connectivity index (χ2n) is 3.32. The van der Waals surface area contributed by atoms with E-state index in [9.17, 15) is 9.59 Å². The van der Waals surface area contributed by atoms with E-state index in [-0.39, 0.29) is 57.8 Å². The van der Waals surface area contributed by atoms with Gasteiger partial charge in [0.2, 0.25) is 0 Å². The molecule has 0 spiro atoms. The number of carbonyl (C=O) groups excluding carboxylic acids is 2. The maximum atomic E-state index is 11.0. The van der Waals surface area contributed by atoms with E-state index in [4.69, 9.17) is 9.47 Å². The fraction of sp³-hybridized carbons (Fsp3) is 0.818. The molecule has 0 atom stereocenters. The summed E-state index contributed by atoms with van der Waals surface area (Å²) in [5, 5.41) is 0. The molecule has 0 radical (unpaired) electrons. The van der Waals surface area contributed by atoms with Crippen molar-refractivity contribution in [3.8, 4) is 0 Å². The first kappa shape index (κ1) is 18.9. The Morgan fingerprint density at radius 1 is 0.875 bits per heavy atom. The van der Waals surface area contributed by atoms with Gasteiger partial charge in [-0.05, 0) is 12.8 Å². The van der Waals surface area contributed by atoms with E-state index >= 15 is 0 Å². The normalized spacial score (nSPS) is 9.12. The van der Waals surface area contributed by atoms with Crippen LogP contribution in [0.15, 0.2) is 0 Å². The minimum Gasteiger partial charge on any atom is -0.465 e. The summed E-state index contributed by atoms with van der Waals surface area (Å²) in [5.74, 6) is -0.991. The molecule has 0 heterocycles. The maximum absolute atomic E-state index is 11.0. The van der Waals surface area contributed by atoms with E-state index in [1.54, 1.807) is 0 Å². The zero-order chi connectivity index (χ0) is 11.5. The zero-order valence-corrected chi connectivity index (χ0v) is 13.7. The van der Waals surface area contributed by atoms with Crippen LogP contribution in [-0.4, -0.2) is 25.2 Å². The van der Waals surface area contributed by atoms with Gasteiger partial charge in [-0.3, -0.25) is 9.59 Å². The molecular weight excluding hydrogens is 235 g/mol. The number of esters is 2. The molecule has 4 nitrogen and oxygen atoms in total. The summed E-state index contributed by atoms with van der Waals surface area (Å²) in [5.41, 5.74) is 0. The van der Waals surface area contributed by atoms with Gasteiger partial charge in [-0.1, -0.05) is 26.7 Å². The van der Waals surface area contributed by atoms with Gasteiger partial charge in [0.15, 0.2) is 0 Å². The van der Waals surface area contributed by atoms with Crippen LogP contribution in [-0.2, 0) is 19.1 Å². The first-order valence-electron chi connectivity index (χ1n) is 5.52. The Bertz CT molecular complexity index is 174. The van der Waals surface area contributed by atoms with Crippen molar-refractivity contribution in [2.45, 2.75) is 46.0 Å². The largest absolute Gasteiger partial charge is 1.00 e. The van der Waals surface area contributed by atoms with Crippen molar-refractivity contribution in [1.29, 1.82) is 0 Å². The number of unbranched alkanes of at least 4 members (excludes halogenated alkanes) is 2. The Labute approximate surface area is 140 Å². The summed E-state index contributed by atoms with van der Waals surface area (Å²) in [6.45, 7) is 4.79. The number of hydrogen-bond acceptors (Lipinski definition) is 4. The van der Waals surface area contributed by atoms with Crippen LogP contribution in [0.4, 0.5) is 0 Å². The Morgan fingerprint density at radius 3 is 1.56 bits per heavy atom. The molecule has 0 bridgehead atoms. The number of hydrogen-bond donors (Lipinski definition) is 0. The van der Waals surface area contributed by atoms with Crippen molar-refractivity contribution in [1.82, 2.24) is 0 Å². The minimum atomic E-state index is -0.495. The molecule has 88 valence electrons. The van der Waals surface area contributed by atoms with Crippen LogP contribution in [0.1, 0.15) is 46.0 Å². The van der Waals surface area contributed by atoms with E-state index in [1.165, 1.54) is 0 Å². The van der Waals surface area contributed by atoms with E-state index < -0.39 is 11.9 Å². The van der Waals surface area contributed by atoms with Gasteiger partial charge in [0.25, 0.3) is 0 Å². The zero-order valence-electron chi connectivity index (χ0n) is 10.6. The first-order valence-corrected chi connectivity index (χ1v) is 5.52. The van der Waals surface area contributed by atoms with Crippen molar-refractivity contribution < 1.29 is 70.4 Å². The molecule has 0 aromatic heterocycles. The molecule has 0 saturated heterocycles. The van der Waals surface area contributed by atoms with E-state index in [1.807, 2.05) is 13.8 Å². The number of carbonyl (C=O) groups is 2. The van der Waals surface area contributed by atoms with Crippen LogP contribution in [0.25, 0.3) is 0 Å². The molecule has 0 amide bonds. The second kappa shape index (κ2) is 13.6. The molecule has 0 fully saturated rings. The summed E-state index contributed by atoms with van der Waals surface area (Å²) < 4.78 is 9.64. The van der Waals surface area contributed by atoms with E-state index in [0.717, 1.165) is 25.7 Å². The number of rotatable bonds is 8. The maximum Gasteiger partial charge on any atom is 1.00 e. The van der Waals surface area contributed by atoms with Gasteiger partial charge in [-0.25, -0.2) is 0 Å². The molecule has 0 unspecified atom stereocenters. The number of ether oxygens (including phenoxy) is 2. The quantitative estimate of drug-likeness (QED) is 0.243. The van der Waals surface area contributed by atoms with Crippen LogP contribution >= 0.6 is 0 Å². The van der Waals surface area contributed by atoms with Crippen molar-refractivity contribution in [3.63, 3.8) is 0 Å². The van der Waals surface area contributed by atoms with Gasteiger partial charge >= 0.3 is 63.3 Å². The molecule has 0 aliphatic rings. The summed E-state index contributed by atoms with van der Waals surface area (Å²) in [6, 6.07) is 0. The third-order valence-electron chi connectivity index (χ3n) is 1.81. The van der Waals surface area contributed by atoms with Crippen LogP contribution in [0.3, 0.4) is 0 Å². The van der Waals surface area contributed by atoms with Gasteiger partial charge in [0, 0.05) is 0 Å². The Morgan fingerprint density at radius 2 is 1.25 bits per heavy atom. The predicted octanol–water partition coefficient (Wildman–Crippen LogP) is -0.933. The standard InChI is InChI=1S/C11H20O4.K/c1-3-5-7-14-10(12)9-11(13)15-8-6-4-2;/h3-9H2,1-2H3;/q;+1. The van der Waals surface area contributed by atoms with Gasteiger partial charge in [-0.15, -0.1) is 0 Å². The molecule has 0 aromatic rings. The van der Waals surface area contributed by atoms with Gasteiger partial charge in [0.05, 0.1) is 13.2 Å². The Hall–Kier alpha value is 0.576. The molecule has 0 aliphatic heterocycles. The fourth-order valence-electron chi connectivity index (χ4n) is 0.881. The van der Waals surface area contributed by atoms with Crippen LogP contribution in [0.5, 0.6) is 0 Å². The second-order valence-corrected chi connectivity index (χ2v) is 3.32. The summed E-state index contributed by atoms with van der Waals surface area (Å²) >= 11 is 0. The topological polar surface area (TPSA) is 52.6 Å². The third-order valence-corrected chi connectivity index (χ3v) is 1.81. The molecule has 0 aliphatic carbocycles. The van der Waals surface area contributed by atoms with E-state index in [2.05, 4.69) is 0 Å². The summed E-state index contributed by atoms with van der Waals surface area (Å²) in [4.78, 5) is 22.1.